The minimum atomic E-state index is -0.287. The molecule has 0 aliphatic carbocycles. The Labute approximate surface area is 162 Å². The van der Waals surface area contributed by atoms with E-state index in [1.54, 1.807) is 41.3 Å². The summed E-state index contributed by atoms with van der Waals surface area (Å²) < 4.78 is 32.0. The van der Waals surface area contributed by atoms with E-state index in [0.717, 1.165) is 24.2 Å². The Morgan fingerprint density at radius 3 is 1.89 bits per heavy atom. The van der Waals surface area contributed by atoms with E-state index in [4.69, 9.17) is 4.42 Å². The molecule has 4 rings (SSSR count). The molecule has 6 heteroatoms. The molecule has 4 nitrogen and oxygen atoms in total. The second kappa shape index (κ2) is 7.94. The van der Waals surface area contributed by atoms with Crippen LogP contribution in [0.4, 0.5) is 8.78 Å². The topological polar surface area (TPSA) is 37.9 Å². The van der Waals surface area contributed by atoms with E-state index in [2.05, 4.69) is 0 Å². The summed E-state index contributed by atoms with van der Waals surface area (Å²) in [5.74, 6) is -0.336. The number of nitrogens with one attached hydrogen (secondary N) is 1. The summed E-state index contributed by atoms with van der Waals surface area (Å²) in [7, 11) is 0. The largest absolute Gasteiger partial charge is 0.459 e. The standard InChI is InChI=1S/C22H20F2N2O2/c23-18-7-3-16(4-8-18)21(17-5-9-19(24)10-6-17)25-11-13-26(14-12-25)22(27)20-2-1-15-28-20/h1-10,15,21H,11-14H2/p+1. The van der Waals surface area contributed by atoms with E-state index in [-0.39, 0.29) is 23.6 Å². The molecule has 1 fully saturated rings. The van der Waals surface area contributed by atoms with Crippen LogP contribution in [-0.2, 0) is 0 Å². The van der Waals surface area contributed by atoms with Gasteiger partial charge in [-0.25, -0.2) is 8.78 Å². The molecule has 1 aromatic heterocycles. The highest BCUT2D eigenvalue weighted by atomic mass is 19.1. The molecule has 28 heavy (non-hydrogen) atoms. The Balaban J connectivity index is 1.55. The van der Waals surface area contributed by atoms with Gasteiger partial charge in [0.25, 0.3) is 5.91 Å². The Bertz CT molecular complexity index is 871. The van der Waals surface area contributed by atoms with Gasteiger partial charge < -0.3 is 14.2 Å². The third-order valence-corrected chi connectivity index (χ3v) is 5.24. The van der Waals surface area contributed by atoms with Gasteiger partial charge in [0.1, 0.15) is 17.7 Å². The normalized spacial score (nSPS) is 15.2. The Morgan fingerprint density at radius 1 is 0.893 bits per heavy atom. The third-order valence-electron chi connectivity index (χ3n) is 5.24. The van der Waals surface area contributed by atoms with E-state index >= 15 is 0 Å². The molecule has 3 aromatic rings. The molecular formula is C22H21F2N2O2+. The minimum Gasteiger partial charge on any atom is -0.459 e. The van der Waals surface area contributed by atoms with Gasteiger partial charge in [-0.1, -0.05) is 0 Å². The number of rotatable bonds is 4. The number of benzene rings is 2. The molecular weight excluding hydrogens is 362 g/mol. The number of hydrogen-bond donors (Lipinski definition) is 1. The highest BCUT2D eigenvalue weighted by Crippen LogP contribution is 2.21. The number of carbonyl (C=O) groups is 1. The van der Waals surface area contributed by atoms with Gasteiger partial charge >= 0.3 is 0 Å². The first-order chi connectivity index (χ1) is 13.6. The van der Waals surface area contributed by atoms with Crippen LogP contribution in [0, 0.1) is 11.6 Å². The molecule has 2 heterocycles. The van der Waals surface area contributed by atoms with Crippen molar-refractivity contribution in [1.29, 1.82) is 0 Å². The second-order valence-electron chi connectivity index (χ2n) is 6.96. The first-order valence-corrected chi connectivity index (χ1v) is 9.30. The first kappa shape index (κ1) is 18.4. The molecule has 0 bridgehead atoms. The Morgan fingerprint density at radius 2 is 1.43 bits per heavy atom. The highest BCUT2D eigenvalue weighted by Gasteiger charge is 2.32. The summed E-state index contributed by atoms with van der Waals surface area (Å²) in [5, 5.41) is 0. The summed E-state index contributed by atoms with van der Waals surface area (Å²) in [5.41, 5.74) is 1.93. The summed E-state index contributed by atoms with van der Waals surface area (Å²) >= 11 is 0. The lowest BCUT2D eigenvalue weighted by Gasteiger charge is -2.36. The summed E-state index contributed by atoms with van der Waals surface area (Å²) in [6.45, 7) is 2.64. The van der Waals surface area contributed by atoms with E-state index in [0.29, 0.717) is 18.8 Å². The highest BCUT2D eigenvalue weighted by molar-refractivity contribution is 5.91. The fourth-order valence-corrected chi connectivity index (χ4v) is 3.82. The van der Waals surface area contributed by atoms with E-state index in [1.807, 2.05) is 0 Å². The number of carbonyl (C=O) groups excluding carboxylic acids is 1. The molecule has 0 unspecified atom stereocenters. The zero-order valence-electron chi connectivity index (χ0n) is 15.3. The van der Waals surface area contributed by atoms with Crippen molar-refractivity contribution in [3.8, 4) is 0 Å². The van der Waals surface area contributed by atoms with Gasteiger partial charge in [-0.05, 0) is 60.7 Å². The van der Waals surface area contributed by atoms with Gasteiger partial charge in [0.2, 0.25) is 0 Å². The number of quaternary nitrogens is 1. The summed E-state index contributed by atoms with van der Waals surface area (Å²) in [6, 6.07) is 16.2. The molecule has 0 radical (unpaired) electrons. The fourth-order valence-electron chi connectivity index (χ4n) is 3.82. The molecule has 2 aromatic carbocycles. The Hall–Kier alpha value is -2.99. The maximum absolute atomic E-state index is 13.4. The lowest BCUT2D eigenvalue weighted by atomic mass is 9.96. The molecule has 1 N–H and O–H groups in total. The van der Waals surface area contributed by atoms with Crippen LogP contribution in [0.2, 0.25) is 0 Å². The van der Waals surface area contributed by atoms with Gasteiger partial charge in [0.15, 0.2) is 5.76 Å². The average Bonchev–Trinajstić information content (AvgIpc) is 3.26. The number of nitrogens with zero attached hydrogens (tertiary/aromatic N) is 1. The zero-order valence-corrected chi connectivity index (χ0v) is 15.3. The molecule has 1 aliphatic rings. The van der Waals surface area contributed by atoms with Crippen molar-refractivity contribution in [1.82, 2.24) is 4.90 Å². The van der Waals surface area contributed by atoms with Crippen molar-refractivity contribution in [3.63, 3.8) is 0 Å². The van der Waals surface area contributed by atoms with Gasteiger partial charge in [0, 0.05) is 11.1 Å². The van der Waals surface area contributed by atoms with Crippen LogP contribution in [0.3, 0.4) is 0 Å². The van der Waals surface area contributed by atoms with Crippen molar-refractivity contribution in [2.24, 2.45) is 0 Å². The van der Waals surface area contributed by atoms with Crippen molar-refractivity contribution in [3.05, 3.63) is 95.4 Å². The Kier molecular flexibility index (Phi) is 5.21. The van der Waals surface area contributed by atoms with Crippen LogP contribution in [0.5, 0.6) is 0 Å². The summed E-state index contributed by atoms with van der Waals surface area (Å²) in [4.78, 5) is 15.5. The van der Waals surface area contributed by atoms with Crippen LogP contribution in [0.25, 0.3) is 0 Å². The van der Waals surface area contributed by atoms with Crippen molar-refractivity contribution >= 4 is 5.91 Å². The number of halogens is 2. The van der Waals surface area contributed by atoms with Crippen LogP contribution < -0.4 is 4.90 Å². The van der Waals surface area contributed by atoms with Crippen LogP contribution in [0.15, 0.2) is 71.3 Å². The lowest BCUT2D eigenvalue weighted by Crippen LogP contribution is -3.15. The van der Waals surface area contributed by atoms with E-state index in [9.17, 15) is 13.6 Å². The first-order valence-electron chi connectivity index (χ1n) is 9.30. The maximum Gasteiger partial charge on any atom is 0.289 e. The molecule has 1 saturated heterocycles. The number of hydrogen-bond acceptors (Lipinski definition) is 2. The predicted octanol–water partition coefficient (Wildman–Crippen LogP) is 2.69. The van der Waals surface area contributed by atoms with Gasteiger partial charge in [-0.2, -0.15) is 0 Å². The fraction of sp³-hybridized carbons (Fsp3) is 0.227. The molecule has 0 spiro atoms. The molecule has 0 saturated carbocycles. The van der Waals surface area contributed by atoms with Crippen molar-refractivity contribution in [2.75, 3.05) is 26.2 Å². The average molecular weight is 383 g/mol. The number of piperazine rings is 1. The number of amides is 1. The summed E-state index contributed by atoms with van der Waals surface area (Å²) in [6.07, 6.45) is 1.49. The third kappa shape index (κ3) is 3.82. The van der Waals surface area contributed by atoms with Gasteiger partial charge in [-0.3, -0.25) is 4.79 Å². The lowest BCUT2D eigenvalue weighted by molar-refractivity contribution is -0.929. The monoisotopic (exact) mass is 383 g/mol. The second-order valence-corrected chi connectivity index (χ2v) is 6.96. The molecule has 0 atom stereocenters. The van der Waals surface area contributed by atoms with Crippen LogP contribution in [-0.4, -0.2) is 37.0 Å². The molecule has 1 amide bonds. The van der Waals surface area contributed by atoms with Gasteiger partial charge in [-0.15, -0.1) is 0 Å². The number of furan rings is 1. The maximum atomic E-state index is 13.4. The van der Waals surface area contributed by atoms with Crippen molar-refractivity contribution in [2.45, 2.75) is 6.04 Å². The van der Waals surface area contributed by atoms with Gasteiger partial charge in [0.05, 0.1) is 32.4 Å². The smallest absolute Gasteiger partial charge is 0.289 e. The zero-order chi connectivity index (χ0) is 19.5. The molecule has 1 aliphatic heterocycles. The SMILES string of the molecule is O=C(c1ccco1)N1CC[NH+](C(c2ccc(F)cc2)c2ccc(F)cc2)CC1. The van der Waals surface area contributed by atoms with E-state index in [1.165, 1.54) is 35.4 Å². The minimum absolute atomic E-state index is 0.0536. The van der Waals surface area contributed by atoms with Crippen molar-refractivity contribution < 1.29 is 22.9 Å². The van der Waals surface area contributed by atoms with E-state index < -0.39 is 0 Å². The van der Waals surface area contributed by atoms with Crippen LogP contribution in [0.1, 0.15) is 27.7 Å². The quantitative estimate of drug-likeness (QED) is 0.752. The predicted molar refractivity (Wildman–Crippen MR) is 100.0 cm³/mol. The van der Waals surface area contributed by atoms with Crippen LogP contribution >= 0.6 is 0 Å². The molecule has 144 valence electrons.